The molecule has 0 radical (unpaired) electrons. The van der Waals surface area contributed by atoms with Gasteiger partial charge >= 0.3 is 5.97 Å². The van der Waals surface area contributed by atoms with Gasteiger partial charge in [0.1, 0.15) is 0 Å². The quantitative estimate of drug-likeness (QED) is 0.196. The smallest absolute Gasteiger partial charge is 0.303 e. The minimum atomic E-state index is -0.721. The van der Waals surface area contributed by atoms with Crippen molar-refractivity contribution in [1.82, 2.24) is 0 Å². The van der Waals surface area contributed by atoms with Crippen molar-refractivity contribution < 1.29 is 9.90 Å². The Morgan fingerprint density at radius 3 is 2.41 bits per heavy atom. The average molecular weight is 302 g/mol. The standard InChI is InChI=1S/C20H30O2/c1-2-3-4-5-6-7-8-9-10-11-12-13-14-15-16-17-18-19-20(21)22/h6-7,9,11-13,15-16H,2-5,8,14,17-19H2,1H3,(H,21,22)/b7-6+,13-12+,16-15+. The van der Waals surface area contributed by atoms with E-state index in [4.69, 9.17) is 5.11 Å². The number of carboxylic acids is 1. The lowest BCUT2D eigenvalue weighted by atomic mass is 10.2. The summed E-state index contributed by atoms with van der Waals surface area (Å²) in [7, 11) is 0. The number of hydrogen-bond acceptors (Lipinski definition) is 1. The fraction of sp³-hybridized carbons (Fsp3) is 0.500. The van der Waals surface area contributed by atoms with Crippen molar-refractivity contribution in [1.29, 1.82) is 0 Å². The second kappa shape index (κ2) is 17.3. The third-order valence-electron chi connectivity index (χ3n) is 3.04. The SMILES string of the molecule is CCCCC/C=C/CC=C=C/C=C/C/C=C/CCCC(=O)O. The molecule has 0 unspecified atom stereocenters. The average Bonchev–Trinajstić information content (AvgIpc) is 2.50. The van der Waals surface area contributed by atoms with Gasteiger partial charge in [-0.15, -0.1) is 5.73 Å². The number of hydrogen-bond donors (Lipinski definition) is 1. The van der Waals surface area contributed by atoms with Crippen LogP contribution >= 0.6 is 0 Å². The van der Waals surface area contributed by atoms with Gasteiger partial charge in [0.05, 0.1) is 0 Å². The maximum atomic E-state index is 10.3. The highest BCUT2D eigenvalue weighted by molar-refractivity contribution is 5.66. The van der Waals surface area contributed by atoms with Crippen LogP contribution in [-0.2, 0) is 4.79 Å². The number of allylic oxidation sites excluding steroid dienone is 7. The zero-order chi connectivity index (χ0) is 16.3. The van der Waals surface area contributed by atoms with Crippen molar-refractivity contribution in [2.24, 2.45) is 0 Å². The molecule has 0 aliphatic carbocycles. The number of carbonyl (C=O) groups is 1. The summed E-state index contributed by atoms with van der Waals surface area (Å²) >= 11 is 0. The van der Waals surface area contributed by atoms with E-state index in [2.05, 4.69) is 37.0 Å². The molecule has 0 aromatic heterocycles. The molecular weight excluding hydrogens is 272 g/mol. The molecule has 0 bridgehead atoms. The third-order valence-corrected chi connectivity index (χ3v) is 3.04. The maximum absolute atomic E-state index is 10.3. The van der Waals surface area contributed by atoms with Crippen molar-refractivity contribution in [3.63, 3.8) is 0 Å². The van der Waals surface area contributed by atoms with E-state index < -0.39 is 5.97 Å². The molecule has 2 nitrogen and oxygen atoms in total. The largest absolute Gasteiger partial charge is 0.481 e. The van der Waals surface area contributed by atoms with Crippen LogP contribution in [0.15, 0.2) is 54.3 Å². The van der Waals surface area contributed by atoms with Gasteiger partial charge in [-0.25, -0.2) is 0 Å². The molecule has 0 saturated heterocycles. The molecule has 2 heteroatoms. The van der Waals surface area contributed by atoms with Gasteiger partial charge in [0.25, 0.3) is 0 Å². The molecule has 0 amide bonds. The molecule has 1 N–H and O–H groups in total. The highest BCUT2D eigenvalue weighted by atomic mass is 16.4. The van der Waals surface area contributed by atoms with Crippen molar-refractivity contribution >= 4 is 5.97 Å². The summed E-state index contributed by atoms with van der Waals surface area (Å²) in [6.07, 6.45) is 25.2. The van der Waals surface area contributed by atoms with Gasteiger partial charge < -0.3 is 5.11 Å². The van der Waals surface area contributed by atoms with Crippen LogP contribution in [-0.4, -0.2) is 11.1 Å². The first-order valence-corrected chi connectivity index (χ1v) is 8.35. The predicted molar refractivity (Wildman–Crippen MR) is 94.9 cm³/mol. The summed E-state index contributed by atoms with van der Waals surface area (Å²) in [5.74, 6) is -0.721. The topological polar surface area (TPSA) is 37.3 Å². The van der Waals surface area contributed by atoms with Crippen LogP contribution in [0.4, 0.5) is 0 Å². The van der Waals surface area contributed by atoms with E-state index in [0.717, 1.165) is 19.3 Å². The predicted octanol–water partition coefficient (Wildman–Crippen LogP) is 5.98. The molecule has 122 valence electrons. The third kappa shape index (κ3) is 18.2. The van der Waals surface area contributed by atoms with E-state index in [9.17, 15) is 4.79 Å². The van der Waals surface area contributed by atoms with Crippen molar-refractivity contribution in [2.45, 2.75) is 64.7 Å². The first-order valence-electron chi connectivity index (χ1n) is 8.35. The van der Waals surface area contributed by atoms with Crippen LogP contribution in [0.1, 0.15) is 64.7 Å². The van der Waals surface area contributed by atoms with Crippen LogP contribution in [0.25, 0.3) is 0 Å². The van der Waals surface area contributed by atoms with E-state index in [1.54, 1.807) is 0 Å². The summed E-state index contributed by atoms with van der Waals surface area (Å²) in [6.45, 7) is 2.22. The Labute approximate surface area is 135 Å². The minimum Gasteiger partial charge on any atom is -0.481 e. The Hall–Kier alpha value is -1.79. The molecule has 22 heavy (non-hydrogen) atoms. The lowest BCUT2D eigenvalue weighted by Gasteiger charge is -1.90. The number of unbranched alkanes of at least 4 members (excludes halogenated alkanes) is 4. The monoisotopic (exact) mass is 302 g/mol. The van der Waals surface area contributed by atoms with Crippen LogP contribution in [0.5, 0.6) is 0 Å². The molecule has 0 atom stereocenters. The van der Waals surface area contributed by atoms with Crippen LogP contribution in [0.3, 0.4) is 0 Å². The van der Waals surface area contributed by atoms with E-state index in [1.807, 2.05) is 24.3 Å². The van der Waals surface area contributed by atoms with Crippen molar-refractivity contribution in [3.05, 3.63) is 54.3 Å². The van der Waals surface area contributed by atoms with Gasteiger partial charge in [-0.05, 0) is 50.7 Å². The molecule has 0 spiro atoms. The first-order chi connectivity index (χ1) is 10.8. The van der Waals surface area contributed by atoms with Gasteiger partial charge in [0.15, 0.2) is 0 Å². The molecule has 0 saturated carbocycles. The fourth-order valence-corrected chi connectivity index (χ4v) is 1.80. The van der Waals surface area contributed by atoms with Crippen LogP contribution < -0.4 is 0 Å². The summed E-state index contributed by atoms with van der Waals surface area (Å²) in [5, 5.41) is 8.49. The summed E-state index contributed by atoms with van der Waals surface area (Å²) in [4.78, 5) is 10.3. The zero-order valence-electron chi connectivity index (χ0n) is 13.8. The summed E-state index contributed by atoms with van der Waals surface area (Å²) in [6, 6.07) is 0. The molecule has 0 aromatic carbocycles. The highest BCUT2D eigenvalue weighted by Crippen LogP contribution is 2.00. The summed E-state index contributed by atoms with van der Waals surface area (Å²) < 4.78 is 0. The first kappa shape index (κ1) is 20.2. The highest BCUT2D eigenvalue weighted by Gasteiger charge is 1.92. The van der Waals surface area contributed by atoms with Gasteiger partial charge in [0.2, 0.25) is 0 Å². The maximum Gasteiger partial charge on any atom is 0.303 e. The second-order valence-corrected chi connectivity index (χ2v) is 5.16. The van der Waals surface area contributed by atoms with E-state index in [-0.39, 0.29) is 6.42 Å². The number of rotatable bonds is 13. The van der Waals surface area contributed by atoms with E-state index in [0.29, 0.717) is 6.42 Å². The van der Waals surface area contributed by atoms with Gasteiger partial charge in [0, 0.05) is 6.42 Å². The van der Waals surface area contributed by atoms with Gasteiger partial charge in [-0.3, -0.25) is 4.79 Å². The van der Waals surface area contributed by atoms with Gasteiger partial charge in [-0.2, -0.15) is 0 Å². The number of aliphatic carboxylic acids is 1. The Bertz CT molecular complexity index is 407. The van der Waals surface area contributed by atoms with Crippen molar-refractivity contribution in [3.8, 4) is 0 Å². The molecular formula is C20H30O2. The molecule has 0 fully saturated rings. The van der Waals surface area contributed by atoms with Crippen LogP contribution in [0.2, 0.25) is 0 Å². The molecule has 0 aliphatic heterocycles. The molecule has 0 aromatic rings. The second-order valence-electron chi connectivity index (χ2n) is 5.16. The Morgan fingerprint density at radius 1 is 0.955 bits per heavy atom. The van der Waals surface area contributed by atoms with E-state index >= 15 is 0 Å². The lowest BCUT2D eigenvalue weighted by molar-refractivity contribution is -0.137. The Balaban J connectivity index is 3.56. The Kier molecular flexibility index (Phi) is 15.9. The van der Waals surface area contributed by atoms with Crippen LogP contribution in [0, 0.1) is 0 Å². The molecule has 0 heterocycles. The zero-order valence-corrected chi connectivity index (χ0v) is 13.8. The minimum absolute atomic E-state index is 0.251. The summed E-state index contributed by atoms with van der Waals surface area (Å²) in [5.41, 5.74) is 3.13. The molecule has 0 aliphatic rings. The van der Waals surface area contributed by atoms with E-state index in [1.165, 1.54) is 25.7 Å². The van der Waals surface area contributed by atoms with Gasteiger partial charge in [-0.1, -0.05) is 56.2 Å². The fourth-order valence-electron chi connectivity index (χ4n) is 1.80. The van der Waals surface area contributed by atoms with Crippen molar-refractivity contribution in [2.75, 3.05) is 0 Å². The number of carboxylic acid groups (broad SMARTS) is 1. The molecule has 0 rings (SSSR count). The normalized spacial score (nSPS) is 11.3. The Morgan fingerprint density at radius 2 is 1.68 bits per heavy atom. The lowest BCUT2D eigenvalue weighted by Crippen LogP contribution is -1.92.